The minimum absolute atomic E-state index is 0.237. The number of esters is 1. The van der Waals surface area contributed by atoms with E-state index < -0.39 is 11.9 Å². The van der Waals surface area contributed by atoms with Crippen molar-refractivity contribution in [3.8, 4) is 23.0 Å². The van der Waals surface area contributed by atoms with Crippen molar-refractivity contribution in [1.82, 2.24) is 5.43 Å². The Labute approximate surface area is 209 Å². The molecule has 0 aliphatic carbocycles. The number of methoxy groups -OCH3 is 2. The maximum atomic E-state index is 12.7. The van der Waals surface area contributed by atoms with Crippen molar-refractivity contribution in [2.24, 2.45) is 5.10 Å². The number of hydrogen-bond donors (Lipinski definition) is 1. The number of halogens is 2. The van der Waals surface area contributed by atoms with Gasteiger partial charge in [0.1, 0.15) is 11.5 Å². The second kappa shape index (κ2) is 12.1. The van der Waals surface area contributed by atoms with Gasteiger partial charge in [-0.15, -0.1) is 0 Å². The van der Waals surface area contributed by atoms with Crippen LogP contribution in [0, 0.1) is 0 Å². The van der Waals surface area contributed by atoms with Crippen molar-refractivity contribution >= 4 is 45.6 Å². The minimum Gasteiger partial charge on any atom is -0.493 e. The Kier molecular flexibility index (Phi) is 8.89. The summed E-state index contributed by atoms with van der Waals surface area (Å²) in [5, 5.41) is 4.49. The molecule has 3 aromatic carbocycles. The molecule has 0 spiro atoms. The lowest BCUT2D eigenvalue weighted by atomic mass is 10.2. The standard InChI is InChI=1S/C24H20BrClN2O6/c1-31-21-9-3-15(12-22(21)32-2)24(30)34-20-10-4-17(25)11-16(20)13-27-28-23(29)14-33-19-7-5-18(26)6-8-19/h3-13H,14H2,1-2H3,(H,28,29)/b27-13+. The zero-order valence-electron chi connectivity index (χ0n) is 18.2. The highest BCUT2D eigenvalue weighted by Gasteiger charge is 2.15. The number of amides is 1. The van der Waals surface area contributed by atoms with Crippen molar-refractivity contribution in [3.05, 3.63) is 81.3 Å². The molecule has 0 radical (unpaired) electrons. The zero-order valence-corrected chi connectivity index (χ0v) is 20.6. The Balaban J connectivity index is 1.65. The van der Waals surface area contributed by atoms with E-state index in [4.69, 9.17) is 30.5 Å². The maximum absolute atomic E-state index is 12.7. The highest BCUT2D eigenvalue weighted by molar-refractivity contribution is 9.10. The molecule has 8 nitrogen and oxygen atoms in total. The van der Waals surface area contributed by atoms with E-state index in [-0.39, 0.29) is 17.9 Å². The van der Waals surface area contributed by atoms with Crippen LogP contribution >= 0.6 is 27.5 Å². The molecule has 0 bridgehead atoms. The molecule has 10 heteroatoms. The lowest BCUT2D eigenvalue weighted by molar-refractivity contribution is -0.123. The van der Waals surface area contributed by atoms with Crippen LogP contribution in [0.3, 0.4) is 0 Å². The van der Waals surface area contributed by atoms with E-state index in [9.17, 15) is 9.59 Å². The van der Waals surface area contributed by atoms with E-state index in [1.54, 1.807) is 54.6 Å². The minimum atomic E-state index is -0.599. The second-order valence-electron chi connectivity index (χ2n) is 6.68. The predicted octanol–water partition coefficient (Wildman–Crippen LogP) is 4.87. The van der Waals surface area contributed by atoms with E-state index in [2.05, 4.69) is 26.5 Å². The van der Waals surface area contributed by atoms with Gasteiger partial charge < -0.3 is 18.9 Å². The van der Waals surface area contributed by atoms with Crippen LogP contribution in [0.1, 0.15) is 15.9 Å². The predicted molar refractivity (Wildman–Crippen MR) is 131 cm³/mol. The quantitative estimate of drug-likeness (QED) is 0.178. The SMILES string of the molecule is COc1ccc(C(=O)Oc2ccc(Br)cc2/C=N/NC(=O)COc2ccc(Cl)cc2)cc1OC. The third-order valence-electron chi connectivity index (χ3n) is 4.37. The fourth-order valence-electron chi connectivity index (χ4n) is 2.72. The average molecular weight is 548 g/mol. The van der Waals surface area contributed by atoms with Gasteiger partial charge in [-0.25, -0.2) is 10.2 Å². The van der Waals surface area contributed by atoms with Crippen LogP contribution in [0.4, 0.5) is 0 Å². The summed E-state index contributed by atoms with van der Waals surface area (Å²) in [6.45, 7) is -0.237. The maximum Gasteiger partial charge on any atom is 0.343 e. The van der Waals surface area contributed by atoms with Crippen LogP contribution in [0.5, 0.6) is 23.0 Å². The van der Waals surface area contributed by atoms with E-state index in [0.717, 1.165) is 4.47 Å². The van der Waals surface area contributed by atoms with Crippen molar-refractivity contribution in [3.63, 3.8) is 0 Å². The molecule has 0 saturated heterocycles. The smallest absolute Gasteiger partial charge is 0.343 e. The molecule has 1 N–H and O–H groups in total. The molecule has 0 heterocycles. The lowest BCUT2D eigenvalue weighted by Gasteiger charge is -2.11. The average Bonchev–Trinajstić information content (AvgIpc) is 2.84. The summed E-state index contributed by atoms with van der Waals surface area (Å²) in [5.41, 5.74) is 3.10. The number of carbonyl (C=O) groups excluding carboxylic acids is 2. The molecule has 0 unspecified atom stereocenters. The largest absolute Gasteiger partial charge is 0.493 e. The summed E-state index contributed by atoms with van der Waals surface area (Å²) >= 11 is 9.19. The van der Waals surface area contributed by atoms with Crippen LogP contribution in [0.25, 0.3) is 0 Å². The van der Waals surface area contributed by atoms with Gasteiger partial charge in [0.25, 0.3) is 5.91 Å². The Hall–Kier alpha value is -3.56. The molecule has 176 valence electrons. The lowest BCUT2D eigenvalue weighted by Crippen LogP contribution is -2.24. The van der Waals surface area contributed by atoms with Gasteiger partial charge in [-0.3, -0.25) is 4.79 Å². The number of carbonyl (C=O) groups is 2. The number of nitrogens with zero attached hydrogens (tertiary/aromatic N) is 1. The molecule has 0 aliphatic rings. The first-order valence-electron chi connectivity index (χ1n) is 9.83. The first-order chi connectivity index (χ1) is 16.4. The van der Waals surface area contributed by atoms with Gasteiger partial charge in [0.15, 0.2) is 18.1 Å². The highest BCUT2D eigenvalue weighted by Crippen LogP contribution is 2.29. The number of hydrazone groups is 1. The number of hydrogen-bond acceptors (Lipinski definition) is 7. The van der Waals surface area contributed by atoms with Crippen LogP contribution in [-0.2, 0) is 4.79 Å². The summed E-state index contributed by atoms with van der Waals surface area (Å²) in [6.07, 6.45) is 1.36. The topological polar surface area (TPSA) is 95.5 Å². The number of benzene rings is 3. The van der Waals surface area contributed by atoms with Gasteiger partial charge in [-0.05, 0) is 60.7 Å². The fourth-order valence-corrected chi connectivity index (χ4v) is 3.23. The molecule has 0 aliphatic heterocycles. The van der Waals surface area contributed by atoms with Crippen LogP contribution in [0.2, 0.25) is 5.02 Å². The highest BCUT2D eigenvalue weighted by atomic mass is 79.9. The monoisotopic (exact) mass is 546 g/mol. The molecule has 3 aromatic rings. The second-order valence-corrected chi connectivity index (χ2v) is 8.03. The third-order valence-corrected chi connectivity index (χ3v) is 5.12. The first kappa shape index (κ1) is 25.1. The Morgan fingerprint density at radius 1 is 0.971 bits per heavy atom. The summed E-state index contributed by atoms with van der Waals surface area (Å²) in [5.74, 6) is 0.575. The van der Waals surface area contributed by atoms with Crippen LogP contribution < -0.4 is 24.4 Å². The van der Waals surface area contributed by atoms with Crippen molar-refractivity contribution < 1.29 is 28.5 Å². The van der Waals surface area contributed by atoms with E-state index in [1.165, 1.54) is 26.5 Å². The van der Waals surface area contributed by atoms with Crippen molar-refractivity contribution in [2.45, 2.75) is 0 Å². The molecule has 34 heavy (non-hydrogen) atoms. The van der Waals surface area contributed by atoms with Crippen molar-refractivity contribution in [2.75, 3.05) is 20.8 Å². The first-order valence-corrected chi connectivity index (χ1v) is 11.0. The number of nitrogens with one attached hydrogen (secondary N) is 1. The van der Waals surface area contributed by atoms with E-state index >= 15 is 0 Å². The molecule has 3 rings (SSSR count). The Bertz CT molecular complexity index is 1200. The van der Waals surface area contributed by atoms with Gasteiger partial charge in [0, 0.05) is 15.1 Å². The zero-order chi connectivity index (χ0) is 24.5. The van der Waals surface area contributed by atoms with E-state index in [1.807, 2.05) is 0 Å². The Morgan fingerprint density at radius 3 is 2.38 bits per heavy atom. The fraction of sp³-hybridized carbons (Fsp3) is 0.125. The molecular formula is C24H20BrClN2O6. The number of rotatable bonds is 9. The van der Waals surface area contributed by atoms with Gasteiger partial charge in [0.2, 0.25) is 0 Å². The van der Waals surface area contributed by atoms with Gasteiger partial charge in [-0.2, -0.15) is 5.10 Å². The van der Waals surface area contributed by atoms with Gasteiger partial charge >= 0.3 is 5.97 Å². The third kappa shape index (κ3) is 6.97. The van der Waals surface area contributed by atoms with Crippen molar-refractivity contribution in [1.29, 1.82) is 0 Å². The molecule has 0 saturated carbocycles. The Morgan fingerprint density at radius 2 is 1.68 bits per heavy atom. The summed E-state index contributed by atoms with van der Waals surface area (Å²) < 4.78 is 22.0. The summed E-state index contributed by atoms with van der Waals surface area (Å²) in [4.78, 5) is 24.7. The summed E-state index contributed by atoms with van der Waals surface area (Å²) in [6, 6.07) is 16.3. The summed E-state index contributed by atoms with van der Waals surface area (Å²) in [7, 11) is 2.98. The molecule has 0 aromatic heterocycles. The van der Waals surface area contributed by atoms with Crippen LogP contribution in [0.15, 0.2) is 70.2 Å². The molecule has 1 amide bonds. The molecular weight excluding hydrogens is 528 g/mol. The van der Waals surface area contributed by atoms with Crippen LogP contribution in [-0.4, -0.2) is 38.9 Å². The molecule has 0 fully saturated rings. The van der Waals surface area contributed by atoms with Gasteiger partial charge in [0.05, 0.1) is 26.0 Å². The van der Waals surface area contributed by atoms with E-state index in [0.29, 0.717) is 27.8 Å². The number of ether oxygens (including phenoxy) is 4. The molecule has 0 atom stereocenters. The van der Waals surface area contributed by atoms with Gasteiger partial charge in [-0.1, -0.05) is 27.5 Å². The normalized spacial score (nSPS) is 10.6.